The molecule has 1 aromatic carbocycles. The number of pyridine rings is 1. The molecule has 0 fully saturated rings. The van der Waals surface area contributed by atoms with E-state index < -0.39 is 0 Å². The Labute approximate surface area is 121 Å². The zero-order valence-corrected chi connectivity index (χ0v) is 11.8. The lowest BCUT2D eigenvalue weighted by Gasteiger charge is -2.11. The number of halogens is 2. The van der Waals surface area contributed by atoms with Crippen LogP contribution < -0.4 is 15.8 Å². The molecule has 0 saturated heterocycles. The number of nitrogens with two attached hydrogens (primary N) is 1. The Morgan fingerprint density at radius 2 is 2.00 bits per heavy atom. The predicted molar refractivity (Wildman–Crippen MR) is 79.0 cm³/mol. The highest BCUT2D eigenvalue weighted by atomic mass is 35.5. The molecule has 100 valence electrons. The summed E-state index contributed by atoms with van der Waals surface area (Å²) in [5.74, 6) is 0.571. The lowest BCUT2D eigenvalue weighted by Crippen LogP contribution is -2.03. The van der Waals surface area contributed by atoms with Crippen LogP contribution in [0.1, 0.15) is 5.56 Å². The first-order valence-corrected chi connectivity index (χ1v) is 6.33. The van der Waals surface area contributed by atoms with Gasteiger partial charge in [0.1, 0.15) is 0 Å². The first-order chi connectivity index (χ1) is 9.10. The summed E-state index contributed by atoms with van der Waals surface area (Å²) in [6.07, 6.45) is 1.69. The lowest BCUT2D eigenvalue weighted by molar-refractivity contribution is 0.397. The highest BCUT2D eigenvalue weighted by molar-refractivity contribution is 6.42. The molecule has 0 amide bonds. The van der Waals surface area contributed by atoms with Crippen molar-refractivity contribution in [2.24, 2.45) is 0 Å². The van der Waals surface area contributed by atoms with Crippen molar-refractivity contribution in [3.63, 3.8) is 0 Å². The molecule has 3 N–H and O–H groups in total. The number of methoxy groups -OCH3 is 1. The number of nitrogens with zero attached hydrogens (tertiary/aromatic N) is 1. The fraction of sp³-hybridized carbons (Fsp3) is 0.154. The van der Waals surface area contributed by atoms with E-state index in [4.69, 9.17) is 33.7 Å². The van der Waals surface area contributed by atoms with Crippen LogP contribution in [0.5, 0.6) is 5.88 Å². The van der Waals surface area contributed by atoms with Gasteiger partial charge >= 0.3 is 0 Å². The van der Waals surface area contributed by atoms with Gasteiger partial charge in [0, 0.05) is 18.8 Å². The van der Waals surface area contributed by atoms with Gasteiger partial charge in [0.05, 0.1) is 28.5 Å². The highest BCUT2D eigenvalue weighted by Gasteiger charge is 2.05. The SMILES string of the molecule is COc1cc(CNc2cc(Cl)c(Cl)cc2N)ccn1. The molecule has 0 aliphatic heterocycles. The van der Waals surface area contributed by atoms with Gasteiger partial charge < -0.3 is 15.8 Å². The van der Waals surface area contributed by atoms with Crippen molar-refractivity contribution in [2.75, 3.05) is 18.2 Å². The summed E-state index contributed by atoms with van der Waals surface area (Å²) in [7, 11) is 1.58. The van der Waals surface area contributed by atoms with Crippen LogP contribution >= 0.6 is 23.2 Å². The molecule has 0 radical (unpaired) electrons. The number of aromatic nitrogens is 1. The first-order valence-electron chi connectivity index (χ1n) is 5.57. The summed E-state index contributed by atoms with van der Waals surface area (Å²) in [5.41, 5.74) is 8.19. The minimum Gasteiger partial charge on any atom is -0.481 e. The van der Waals surface area contributed by atoms with E-state index >= 15 is 0 Å². The van der Waals surface area contributed by atoms with E-state index in [1.807, 2.05) is 12.1 Å². The molecule has 19 heavy (non-hydrogen) atoms. The van der Waals surface area contributed by atoms with Crippen molar-refractivity contribution >= 4 is 34.6 Å². The Balaban J connectivity index is 2.12. The number of nitrogens with one attached hydrogen (secondary N) is 1. The number of anilines is 2. The van der Waals surface area contributed by atoms with Crippen LogP contribution in [0.15, 0.2) is 30.5 Å². The second-order valence-corrected chi connectivity index (χ2v) is 4.73. The summed E-state index contributed by atoms with van der Waals surface area (Å²) in [6, 6.07) is 7.07. The molecular formula is C13H13Cl2N3O. The maximum atomic E-state index is 5.96. The quantitative estimate of drug-likeness (QED) is 0.847. The number of rotatable bonds is 4. The van der Waals surface area contributed by atoms with Crippen LogP contribution in [0.3, 0.4) is 0 Å². The maximum Gasteiger partial charge on any atom is 0.213 e. The van der Waals surface area contributed by atoms with Crippen LogP contribution in [0.2, 0.25) is 10.0 Å². The Morgan fingerprint density at radius 3 is 2.74 bits per heavy atom. The fourth-order valence-corrected chi connectivity index (χ4v) is 1.92. The third kappa shape index (κ3) is 3.43. The maximum absolute atomic E-state index is 5.96. The van der Waals surface area contributed by atoms with E-state index in [1.54, 1.807) is 25.4 Å². The van der Waals surface area contributed by atoms with Crippen LogP contribution in [-0.2, 0) is 6.54 Å². The van der Waals surface area contributed by atoms with Gasteiger partial charge in [-0.15, -0.1) is 0 Å². The summed E-state index contributed by atoms with van der Waals surface area (Å²) in [6.45, 7) is 0.584. The topological polar surface area (TPSA) is 60.2 Å². The summed E-state index contributed by atoms with van der Waals surface area (Å²) >= 11 is 11.8. The standard InChI is InChI=1S/C13H13Cl2N3O/c1-19-13-4-8(2-3-17-13)7-18-12-6-10(15)9(14)5-11(12)16/h2-6,18H,7,16H2,1H3. The van der Waals surface area contributed by atoms with Gasteiger partial charge in [-0.3, -0.25) is 0 Å². The third-order valence-corrected chi connectivity index (χ3v) is 3.31. The molecule has 0 unspecified atom stereocenters. The van der Waals surface area contributed by atoms with Gasteiger partial charge in [0.2, 0.25) is 5.88 Å². The van der Waals surface area contributed by atoms with E-state index in [0.29, 0.717) is 28.2 Å². The summed E-state index contributed by atoms with van der Waals surface area (Å²) < 4.78 is 5.06. The minimum atomic E-state index is 0.440. The second kappa shape index (κ2) is 5.99. The van der Waals surface area contributed by atoms with Gasteiger partial charge in [0.15, 0.2) is 0 Å². The van der Waals surface area contributed by atoms with Crippen molar-refractivity contribution in [3.8, 4) is 5.88 Å². The third-order valence-electron chi connectivity index (χ3n) is 2.58. The molecule has 0 aliphatic carbocycles. The molecule has 0 saturated carbocycles. The minimum absolute atomic E-state index is 0.440. The Hall–Kier alpha value is -1.65. The van der Waals surface area contributed by atoms with E-state index in [1.165, 1.54) is 0 Å². The Bertz CT molecular complexity index is 590. The highest BCUT2D eigenvalue weighted by Crippen LogP contribution is 2.30. The summed E-state index contributed by atoms with van der Waals surface area (Å²) in [4.78, 5) is 4.04. The number of hydrogen-bond donors (Lipinski definition) is 2. The van der Waals surface area contributed by atoms with Gasteiger partial charge in [-0.25, -0.2) is 4.98 Å². The van der Waals surface area contributed by atoms with Crippen LogP contribution in [0.25, 0.3) is 0 Å². The van der Waals surface area contributed by atoms with Crippen LogP contribution in [0.4, 0.5) is 11.4 Å². The lowest BCUT2D eigenvalue weighted by atomic mass is 10.2. The summed E-state index contributed by atoms with van der Waals surface area (Å²) in [5, 5.41) is 4.10. The number of hydrogen-bond acceptors (Lipinski definition) is 4. The molecule has 0 aliphatic rings. The molecule has 1 heterocycles. The molecule has 4 nitrogen and oxygen atoms in total. The largest absolute Gasteiger partial charge is 0.481 e. The van der Waals surface area contributed by atoms with Gasteiger partial charge in [-0.05, 0) is 23.8 Å². The molecule has 1 aromatic heterocycles. The Morgan fingerprint density at radius 1 is 1.26 bits per heavy atom. The van der Waals surface area contributed by atoms with Crippen molar-refractivity contribution < 1.29 is 4.74 Å². The smallest absolute Gasteiger partial charge is 0.213 e. The number of benzene rings is 1. The van der Waals surface area contributed by atoms with Gasteiger partial charge in [-0.2, -0.15) is 0 Å². The molecule has 0 bridgehead atoms. The average Bonchev–Trinajstić information content (AvgIpc) is 2.41. The number of ether oxygens (including phenoxy) is 1. The van der Waals surface area contributed by atoms with E-state index in [9.17, 15) is 0 Å². The molecule has 0 atom stereocenters. The normalized spacial score (nSPS) is 10.3. The van der Waals surface area contributed by atoms with E-state index in [-0.39, 0.29) is 0 Å². The van der Waals surface area contributed by atoms with Crippen LogP contribution in [-0.4, -0.2) is 12.1 Å². The molecular weight excluding hydrogens is 285 g/mol. The van der Waals surface area contributed by atoms with Gasteiger partial charge in [-0.1, -0.05) is 23.2 Å². The van der Waals surface area contributed by atoms with Crippen molar-refractivity contribution in [1.82, 2.24) is 4.98 Å². The zero-order chi connectivity index (χ0) is 13.8. The van der Waals surface area contributed by atoms with Crippen molar-refractivity contribution in [2.45, 2.75) is 6.54 Å². The van der Waals surface area contributed by atoms with E-state index in [2.05, 4.69) is 10.3 Å². The van der Waals surface area contributed by atoms with Crippen molar-refractivity contribution in [3.05, 3.63) is 46.1 Å². The average molecular weight is 298 g/mol. The number of nitrogen functional groups attached to an aromatic ring is 1. The second-order valence-electron chi connectivity index (χ2n) is 3.91. The predicted octanol–water partition coefficient (Wildman–Crippen LogP) is 3.59. The fourth-order valence-electron chi connectivity index (χ4n) is 1.58. The van der Waals surface area contributed by atoms with Crippen molar-refractivity contribution in [1.29, 1.82) is 0 Å². The van der Waals surface area contributed by atoms with Crippen LogP contribution in [0, 0.1) is 0 Å². The van der Waals surface area contributed by atoms with E-state index in [0.717, 1.165) is 11.3 Å². The first kappa shape index (κ1) is 13.8. The van der Waals surface area contributed by atoms with Gasteiger partial charge in [0.25, 0.3) is 0 Å². The Kier molecular flexibility index (Phi) is 4.35. The monoisotopic (exact) mass is 297 g/mol. The molecule has 2 aromatic rings. The zero-order valence-electron chi connectivity index (χ0n) is 10.3. The molecule has 2 rings (SSSR count). The molecule has 0 spiro atoms. The molecule has 6 heteroatoms.